The summed E-state index contributed by atoms with van der Waals surface area (Å²) < 4.78 is 5.52. The molecule has 1 saturated heterocycles. The first-order chi connectivity index (χ1) is 8.24. The zero-order chi connectivity index (χ0) is 12.1. The molecule has 94 valence electrons. The Hall–Kier alpha value is -0.720. The van der Waals surface area contributed by atoms with Crippen LogP contribution in [0.3, 0.4) is 0 Å². The maximum atomic E-state index is 11.6. The molecule has 0 saturated carbocycles. The second kappa shape index (κ2) is 5.75. The summed E-state index contributed by atoms with van der Waals surface area (Å²) in [7, 11) is 1.71. The Balaban J connectivity index is 1.79. The predicted molar refractivity (Wildman–Crippen MR) is 73.0 cm³/mol. The number of carbonyl (C=O) groups is 1. The fraction of sp³-hybridized carbons (Fsp3) is 0.545. The number of urea groups is 1. The van der Waals surface area contributed by atoms with Gasteiger partial charge < -0.3 is 10.1 Å². The molecule has 1 atom stereocenters. The molecular formula is C11H16N2O2S2. The van der Waals surface area contributed by atoms with Crippen molar-refractivity contribution in [3.8, 4) is 0 Å². The summed E-state index contributed by atoms with van der Waals surface area (Å²) in [6, 6.07) is 3.62. The second-order valence-corrected chi connectivity index (χ2v) is 6.03. The quantitative estimate of drug-likeness (QED) is 0.885. The fourth-order valence-electron chi connectivity index (χ4n) is 1.71. The maximum absolute atomic E-state index is 11.6. The molecule has 2 amide bonds. The average molecular weight is 272 g/mol. The smallest absolute Gasteiger partial charge is 0.319 e. The van der Waals surface area contributed by atoms with Crippen molar-refractivity contribution in [1.82, 2.24) is 5.32 Å². The molecular weight excluding hydrogens is 256 g/mol. The van der Waals surface area contributed by atoms with Crippen LogP contribution in [0.4, 0.5) is 9.80 Å². The minimum Gasteiger partial charge on any atom is -0.376 e. The monoisotopic (exact) mass is 272 g/mol. The number of rotatable bonds is 4. The van der Waals surface area contributed by atoms with Gasteiger partial charge in [0, 0.05) is 19.4 Å². The Morgan fingerprint density at radius 3 is 3.12 bits per heavy atom. The maximum Gasteiger partial charge on any atom is 0.319 e. The summed E-state index contributed by atoms with van der Waals surface area (Å²) in [5, 5.41) is 8.45. The van der Waals surface area contributed by atoms with E-state index in [2.05, 4.69) is 10.6 Å². The molecule has 0 aliphatic carbocycles. The molecule has 1 fully saturated rings. The first-order valence-electron chi connectivity index (χ1n) is 5.45. The van der Waals surface area contributed by atoms with E-state index < -0.39 is 0 Å². The molecule has 2 N–H and O–H groups in total. The molecule has 17 heavy (non-hydrogen) atoms. The number of hydrogen-bond acceptors (Lipinski definition) is 4. The van der Waals surface area contributed by atoms with Crippen molar-refractivity contribution in [2.45, 2.75) is 12.0 Å². The molecule has 0 bridgehead atoms. The predicted octanol–water partition coefficient (Wildman–Crippen LogP) is 2.39. The number of hydrogen-bond donors (Lipinski definition) is 2. The normalized spacial score (nSPS) is 23.6. The van der Waals surface area contributed by atoms with Gasteiger partial charge in [-0.05, 0) is 29.7 Å². The highest BCUT2D eigenvalue weighted by atomic mass is 32.2. The van der Waals surface area contributed by atoms with Crippen LogP contribution in [-0.4, -0.2) is 36.8 Å². The molecule has 2 heterocycles. The van der Waals surface area contributed by atoms with Gasteiger partial charge in [-0.2, -0.15) is 11.8 Å². The third kappa shape index (κ3) is 3.37. The molecule has 0 unspecified atom stereocenters. The van der Waals surface area contributed by atoms with Crippen molar-refractivity contribution in [1.29, 1.82) is 0 Å². The van der Waals surface area contributed by atoms with Gasteiger partial charge in [-0.15, -0.1) is 11.3 Å². The molecule has 1 aliphatic rings. The Labute approximate surface area is 109 Å². The highest BCUT2D eigenvalue weighted by Gasteiger charge is 2.34. The highest BCUT2D eigenvalue weighted by Crippen LogP contribution is 2.30. The molecule has 0 spiro atoms. The SMILES string of the molecule is CO[C@@]1(CNC(=O)Nc2cccs2)CCSC1. The van der Waals surface area contributed by atoms with E-state index >= 15 is 0 Å². The molecule has 2 rings (SSSR count). The van der Waals surface area contributed by atoms with E-state index in [1.165, 1.54) is 11.3 Å². The lowest BCUT2D eigenvalue weighted by Crippen LogP contribution is -2.45. The zero-order valence-electron chi connectivity index (χ0n) is 9.69. The highest BCUT2D eigenvalue weighted by molar-refractivity contribution is 7.99. The molecule has 6 heteroatoms. The third-order valence-electron chi connectivity index (χ3n) is 2.83. The lowest BCUT2D eigenvalue weighted by molar-refractivity contribution is 0.0161. The zero-order valence-corrected chi connectivity index (χ0v) is 11.3. The van der Waals surface area contributed by atoms with E-state index in [4.69, 9.17) is 4.74 Å². The first-order valence-corrected chi connectivity index (χ1v) is 7.49. The molecule has 4 nitrogen and oxygen atoms in total. The van der Waals surface area contributed by atoms with Gasteiger partial charge >= 0.3 is 6.03 Å². The molecule has 1 aromatic rings. The van der Waals surface area contributed by atoms with E-state index in [0.29, 0.717) is 6.54 Å². The van der Waals surface area contributed by atoms with E-state index in [0.717, 1.165) is 22.9 Å². The summed E-state index contributed by atoms with van der Waals surface area (Å²) in [5.74, 6) is 2.05. The van der Waals surface area contributed by atoms with Gasteiger partial charge in [-0.25, -0.2) is 4.79 Å². The Kier molecular flexibility index (Phi) is 4.31. The van der Waals surface area contributed by atoms with Crippen LogP contribution in [0.15, 0.2) is 17.5 Å². The summed E-state index contributed by atoms with van der Waals surface area (Å²) in [4.78, 5) is 11.6. The number of nitrogens with one attached hydrogen (secondary N) is 2. The molecule has 0 aromatic carbocycles. The number of thioether (sulfide) groups is 1. The van der Waals surface area contributed by atoms with E-state index in [1.54, 1.807) is 7.11 Å². The Bertz CT molecular complexity index is 362. The summed E-state index contributed by atoms with van der Waals surface area (Å²) in [6.07, 6.45) is 0.994. The molecule has 0 radical (unpaired) electrons. The number of amides is 2. The van der Waals surface area contributed by atoms with Gasteiger partial charge in [0.15, 0.2) is 0 Å². The minimum absolute atomic E-state index is 0.166. The lowest BCUT2D eigenvalue weighted by atomic mass is 10.0. The van der Waals surface area contributed by atoms with E-state index in [1.807, 2.05) is 29.3 Å². The van der Waals surface area contributed by atoms with Gasteiger partial charge in [0.2, 0.25) is 0 Å². The number of ether oxygens (including phenoxy) is 1. The van der Waals surface area contributed by atoms with Crippen molar-refractivity contribution in [2.75, 3.05) is 30.5 Å². The Morgan fingerprint density at radius 1 is 1.65 bits per heavy atom. The number of anilines is 1. The van der Waals surface area contributed by atoms with Crippen LogP contribution < -0.4 is 10.6 Å². The summed E-state index contributed by atoms with van der Waals surface area (Å²) >= 11 is 3.37. The lowest BCUT2D eigenvalue weighted by Gasteiger charge is -2.26. The van der Waals surface area contributed by atoms with Gasteiger partial charge in [0.1, 0.15) is 0 Å². The average Bonchev–Trinajstić information content (AvgIpc) is 2.98. The van der Waals surface area contributed by atoms with E-state index in [9.17, 15) is 4.79 Å². The number of methoxy groups -OCH3 is 1. The molecule has 1 aliphatic heterocycles. The topological polar surface area (TPSA) is 50.4 Å². The van der Waals surface area contributed by atoms with Crippen LogP contribution in [0.2, 0.25) is 0 Å². The summed E-state index contributed by atoms with van der Waals surface area (Å²) in [6.45, 7) is 0.563. The van der Waals surface area contributed by atoms with Gasteiger partial charge in [0.25, 0.3) is 0 Å². The third-order valence-corrected chi connectivity index (χ3v) is 4.84. The molecule has 1 aromatic heterocycles. The van der Waals surface area contributed by atoms with Crippen molar-refractivity contribution in [2.24, 2.45) is 0 Å². The minimum atomic E-state index is -0.183. The summed E-state index contributed by atoms with van der Waals surface area (Å²) in [5.41, 5.74) is -0.183. The number of thiophene rings is 1. The van der Waals surface area contributed by atoms with Gasteiger partial charge in [-0.3, -0.25) is 5.32 Å². The largest absolute Gasteiger partial charge is 0.376 e. The van der Waals surface area contributed by atoms with Gasteiger partial charge in [-0.1, -0.05) is 0 Å². The van der Waals surface area contributed by atoms with Crippen LogP contribution in [0.5, 0.6) is 0 Å². The Morgan fingerprint density at radius 2 is 2.53 bits per heavy atom. The fourth-order valence-corrected chi connectivity index (χ4v) is 3.72. The van der Waals surface area contributed by atoms with Crippen molar-refractivity contribution in [3.05, 3.63) is 17.5 Å². The van der Waals surface area contributed by atoms with Crippen molar-refractivity contribution >= 4 is 34.1 Å². The standard InChI is InChI=1S/C11H16N2O2S2/c1-15-11(4-6-16-8-11)7-12-10(14)13-9-3-2-5-17-9/h2-3,5H,4,6-8H2,1H3,(H2,12,13,14)/t11-/m1/s1. The van der Waals surface area contributed by atoms with Crippen LogP contribution in [0.1, 0.15) is 6.42 Å². The first kappa shape index (κ1) is 12.7. The number of carbonyl (C=O) groups excluding carboxylic acids is 1. The van der Waals surface area contributed by atoms with Crippen molar-refractivity contribution < 1.29 is 9.53 Å². The second-order valence-electron chi connectivity index (χ2n) is 3.97. The van der Waals surface area contributed by atoms with Crippen molar-refractivity contribution in [3.63, 3.8) is 0 Å². The van der Waals surface area contributed by atoms with Crippen LogP contribution in [0, 0.1) is 0 Å². The van der Waals surface area contributed by atoms with E-state index in [-0.39, 0.29) is 11.6 Å². The van der Waals surface area contributed by atoms with Crippen LogP contribution in [0.25, 0.3) is 0 Å². The van der Waals surface area contributed by atoms with Gasteiger partial charge in [0.05, 0.1) is 10.6 Å². The van der Waals surface area contributed by atoms with Crippen LogP contribution >= 0.6 is 23.1 Å². The van der Waals surface area contributed by atoms with Crippen LogP contribution in [-0.2, 0) is 4.74 Å².